The fourth-order valence-corrected chi connectivity index (χ4v) is 4.42. The molecule has 2 heterocycles. The summed E-state index contributed by atoms with van der Waals surface area (Å²) in [7, 11) is 1.39. The first-order chi connectivity index (χ1) is 12.2. The van der Waals surface area contributed by atoms with Crippen molar-refractivity contribution in [3.8, 4) is 0 Å². The minimum absolute atomic E-state index is 0.124. The Balaban J connectivity index is 1.70. The monoisotopic (exact) mass is 338 g/mol. The lowest BCUT2D eigenvalue weighted by molar-refractivity contribution is -0.145. The van der Waals surface area contributed by atoms with Gasteiger partial charge in [0.1, 0.15) is 11.7 Å². The number of hydrogen-bond acceptors (Lipinski definition) is 4. The number of benzene rings is 1. The minimum Gasteiger partial charge on any atom is -0.467 e. The van der Waals surface area contributed by atoms with Crippen molar-refractivity contribution < 1.29 is 14.3 Å². The molecule has 0 spiro atoms. The van der Waals surface area contributed by atoms with Gasteiger partial charge >= 0.3 is 5.97 Å². The van der Waals surface area contributed by atoms with E-state index in [4.69, 9.17) is 4.74 Å². The van der Waals surface area contributed by atoms with Gasteiger partial charge in [0.2, 0.25) is 0 Å². The molecule has 0 N–H and O–H groups in total. The Morgan fingerprint density at radius 1 is 1.12 bits per heavy atom. The predicted octanol–water partition coefficient (Wildman–Crippen LogP) is 3.18. The van der Waals surface area contributed by atoms with E-state index in [9.17, 15) is 9.59 Å². The summed E-state index contributed by atoms with van der Waals surface area (Å²) in [5.74, 6) is -0.0821. The van der Waals surface area contributed by atoms with Gasteiger partial charge in [-0.3, -0.25) is 4.79 Å². The normalized spacial score (nSPS) is 25.6. The Morgan fingerprint density at radius 2 is 1.92 bits per heavy atom. The quantitative estimate of drug-likeness (QED) is 0.789. The molecule has 1 aliphatic heterocycles. The summed E-state index contributed by atoms with van der Waals surface area (Å²) in [4.78, 5) is 31.8. The third-order valence-corrected chi connectivity index (χ3v) is 5.61. The highest BCUT2D eigenvalue weighted by molar-refractivity contribution is 5.97. The van der Waals surface area contributed by atoms with E-state index in [1.807, 2.05) is 30.3 Å². The molecule has 1 amide bonds. The second-order valence-corrected chi connectivity index (χ2v) is 6.99. The van der Waals surface area contributed by atoms with Crippen LogP contribution in [0.5, 0.6) is 0 Å². The van der Waals surface area contributed by atoms with Gasteiger partial charge in [0.25, 0.3) is 5.91 Å². The molecule has 0 unspecified atom stereocenters. The Morgan fingerprint density at radius 3 is 2.76 bits per heavy atom. The number of nitrogens with zero attached hydrogens (tertiary/aromatic N) is 2. The van der Waals surface area contributed by atoms with Crippen molar-refractivity contribution in [2.24, 2.45) is 5.92 Å². The molecule has 1 saturated carbocycles. The van der Waals surface area contributed by atoms with Gasteiger partial charge in [0.05, 0.1) is 12.6 Å². The second kappa shape index (κ2) is 6.47. The number of fused-ring (bicyclic) bond motifs is 2. The van der Waals surface area contributed by atoms with Crippen LogP contribution in [0.2, 0.25) is 0 Å². The molecule has 3 atom stereocenters. The molecule has 1 aromatic heterocycles. The van der Waals surface area contributed by atoms with E-state index in [0.29, 0.717) is 18.0 Å². The van der Waals surface area contributed by atoms with Crippen molar-refractivity contribution in [3.63, 3.8) is 0 Å². The molecule has 1 aliphatic carbocycles. The van der Waals surface area contributed by atoms with Crippen LogP contribution in [0, 0.1) is 5.92 Å². The van der Waals surface area contributed by atoms with Gasteiger partial charge in [-0.25, -0.2) is 9.78 Å². The van der Waals surface area contributed by atoms with Gasteiger partial charge in [0.15, 0.2) is 0 Å². The Labute approximate surface area is 147 Å². The van der Waals surface area contributed by atoms with E-state index in [1.165, 1.54) is 13.5 Å². The fourth-order valence-electron chi connectivity index (χ4n) is 4.42. The molecule has 5 heteroatoms. The van der Waals surface area contributed by atoms with E-state index in [0.717, 1.165) is 30.2 Å². The smallest absolute Gasteiger partial charge is 0.328 e. The molecule has 0 bridgehead atoms. The molecule has 5 nitrogen and oxygen atoms in total. The van der Waals surface area contributed by atoms with Crippen LogP contribution in [0.4, 0.5) is 0 Å². The van der Waals surface area contributed by atoms with E-state index in [2.05, 4.69) is 4.98 Å². The predicted molar refractivity (Wildman–Crippen MR) is 94.1 cm³/mol. The maximum Gasteiger partial charge on any atom is 0.328 e. The van der Waals surface area contributed by atoms with Crippen molar-refractivity contribution >= 4 is 22.8 Å². The third-order valence-electron chi connectivity index (χ3n) is 5.61. The highest BCUT2D eigenvalue weighted by atomic mass is 16.5. The average Bonchev–Trinajstić information content (AvgIpc) is 3.06. The van der Waals surface area contributed by atoms with Gasteiger partial charge in [-0.2, -0.15) is 0 Å². The summed E-state index contributed by atoms with van der Waals surface area (Å²) >= 11 is 0. The number of methoxy groups -OCH3 is 1. The van der Waals surface area contributed by atoms with E-state index in [1.54, 1.807) is 11.0 Å². The van der Waals surface area contributed by atoms with Crippen LogP contribution in [0.3, 0.4) is 0 Å². The van der Waals surface area contributed by atoms with Crippen LogP contribution in [0.15, 0.2) is 36.4 Å². The van der Waals surface area contributed by atoms with Gasteiger partial charge in [-0.1, -0.05) is 37.1 Å². The number of esters is 1. The molecular formula is C20H22N2O3. The lowest BCUT2D eigenvalue weighted by Gasteiger charge is -2.33. The number of ether oxygens (including phenoxy) is 1. The first kappa shape index (κ1) is 16.1. The molecule has 1 aromatic carbocycles. The summed E-state index contributed by atoms with van der Waals surface area (Å²) < 4.78 is 4.97. The zero-order valence-electron chi connectivity index (χ0n) is 14.4. The summed E-state index contributed by atoms with van der Waals surface area (Å²) in [6.45, 7) is 0. The fraction of sp³-hybridized carbons (Fsp3) is 0.450. The Kier molecular flexibility index (Phi) is 4.15. The summed E-state index contributed by atoms with van der Waals surface area (Å²) in [5.41, 5.74) is 1.20. The topological polar surface area (TPSA) is 59.5 Å². The first-order valence-electron chi connectivity index (χ1n) is 8.95. The molecule has 2 fully saturated rings. The lowest BCUT2D eigenvalue weighted by atomic mass is 9.84. The first-order valence-corrected chi connectivity index (χ1v) is 8.95. The van der Waals surface area contributed by atoms with Crippen LogP contribution in [0.25, 0.3) is 10.9 Å². The van der Waals surface area contributed by atoms with Crippen LogP contribution < -0.4 is 0 Å². The number of carbonyl (C=O) groups excluding carboxylic acids is 2. The van der Waals surface area contributed by atoms with E-state index < -0.39 is 6.04 Å². The molecule has 1 saturated heterocycles. The molecule has 130 valence electrons. The standard InChI is InChI=1S/C20H22N2O3/c1-25-20(24)18-12-14-7-3-5-9-17(14)22(18)19(23)16-11-10-13-6-2-4-8-15(13)21-16/h2,4,6,8,10-11,14,17-18H,3,5,7,9,12H2,1H3/t14-,17+,18+/m1/s1. The van der Waals surface area contributed by atoms with Crippen molar-refractivity contribution in [1.82, 2.24) is 9.88 Å². The van der Waals surface area contributed by atoms with E-state index in [-0.39, 0.29) is 17.9 Å². The van der Waals surface area contributed by atoms with Crippen molar-refractivity contribution in [1.29, 1.82) is 0 Å². The number of carbonyl (C=O) groups is 2. The number of rotatable bonds is 2. The zero-order valence-corrected chi connectivity index (χ0v) is 14.4. The number of likely N-dealkylation sites (tertiary alicyclic amines) is 1. The van der Waals surface area contributed by atoms with Crippen molar-refractivity contribution in [3.05, 3.63) is 42.1 Å². The van der Waals surface area contributed by atoms with Crippen molar-refractivity contribution in [2.75, 3.05) is 7.11 Å². The third kappa shape index (κ3) is 2.77. The summed E-state index contributed by atoms with van der Waals surface area (Å²) in [6.07, 6.45) is 5.01. The van der Waals surface area contributed by atoms with Crippen LogP contribution >= 0.6 is 0 Å². The minimum atomic E-state index is -0.487. The summed E-state index contributed by atoms with van der Waals surface area (Å²) in [5, 5.41) is 1.00. The van der Waals surface area contributed by atoms with Gasteiger partial charge in [0, 0.05) is 11.4 Å². The SMILES string of the molecule is COC(=O)[C@@H]1C[C@H]2CCCC[C@@H]2N1C(=O)c1ccc2ccccc2n1. The number of amides is 1. The lowest BCUT2D eigenvalue weighted by Crippen LogP contribution is -2.46. The molecule has 25 heavy (non-hydrogen) atoms. The largest absolute Gasteiger partial charge is 0.467 e. The molecule has 0 radical (unpaired) electrons. The number of hydrogen-bond donors (Lipinski definition) is 0. The number of para-hydroxylation sites is 1. The highest BCUT2D eigenvalue weighted by Gasteiger charge is 2.48. The van der Waals surface area contributed by atoms with Crippen LogP contribution in [0.1, 0.15) is 42.6 Å². The Hall–Kier alpha value is -2.43. The Bertz CT molecular complexity index is 819. The zero-order chi connectivity index (χ0) is 17.4. The van der Waals surface area contributed by atoms with E-state index >= 15 is 0 Å². The van der Waals surface area contributed by atoms with Crippen LogP contribution in [-0.2, 0) is 9.53 Å². The average molecular weight is 338 g/mol. The van der Waals surface area contributed by atoms with Crippen LogP contribution in [-0.4, -0.2) is 41.0 Å². The molecule has 2 aliphatic rings. The van der Waals surface area contributed by atoms with Gasteiger partial charge in [-0.15, -0.1) is 0 Å². The molecular weight excluding hydrogens is 316 g/mol. The maximum atomic E-state index is 13.2. The van der Waals surface area contributed by atoms with Gasteiger partial charge < -0.3 is 9.64 Å². The highest BCUT2D eigenvalue weighted by Crippen LogP contribution is 2.40. The van der Waals surface area contributed by atoms with Crippen molar-refractivity contribution in [2.45, 2.75) is 44.2 Å². The molecule has 4 rings (SSSR count). The number of pyridine rings is 1. The second-order valence-electron chi connectivity index (χ2n) is 6.99. The maximum absolute atomic E-state index is 13.2. The molecule has 2 aromatic rings. The van der Waals surface area contributed by atoms with Gasteiger partial charge in [-0.05, 0) is 37.3 Å². The number of aromatic nitrogens is 1. The summed E-state index contributed by atoms with van der Waals surface area (Å²) in [6, 6.07) is 11.0.